The van der Waals surface area contributed by atoms with Crippen LogP contribution in [0.25, 0.3) is 0 Å². The van der Waals surface area contributed by atoms with Crippen LogP contribution in [0.4, 0.5) is 5.82 Å². The van der Waals surface area contributed by atoms with Crippen molar-refractivity contribution in [3.63, 3.8) is 0 Å². The second kappa shape index (κ2) is 6.75. The van der Waals surface area contributed by atoms with Crippen molar-refractivity contribution >= 4 is 5.82 Å². The number of hydrogen-bond acceptors (Lipinski definition) is 4. The summed E-state index contributed by atoms with van der Waals surface area (Å²) in [6.45, 7) is 3.12. The molecule has 1 aromatic heterocycles. The second-order valence-corrected chi connectivity index (χ2v) is 5.28. The van der Waals surface area contributed by atoms with Gasteiger partial charge in [0.25, 0.3) is 0 Å². The lowest BCUT2D eigenvalue weighted by molar-refractivity contribution is 0.0380. The lowest BCUT2D eigenvalue weighted by Crippen LogP contribution is -2.36. The largest absolute Gasteiger partial charge is 0.490 e. The maximum absolute atomic E-state index is 10.6. The molecule has 0 unspecified atom stereocenters. The van der Waals surface area contributed by atoms with Crippen LogP contribution in [0.5, 0.6) is 5.75 Å². The topological polar surface area (TPSA) is 54.4 Å². The van der Waals surface area contributed by atoms with Crippen molar-refractivity contribution in [1.29, 1.82) is 0 Å². The Hall–Kier alpha value is -1.29. The number of nitrogens with zero attached hydrogens (tertiary/aromatic N) is 1. The molecule has 0 aliphatic heterocycles. The van der Waals surface area contributed by atoms with E-state index in [1.54, 1.807) is 6.20 Å². The summed E-state index contributed by atoms with van der Waals surface area (Å²) < 4.78 is 5.53. The summed E-state index contributed by atoms with van der Waals surface area (Å²) in [4.78, 5) is 4.29. The predicted molar refractivity (Wildman–Crippen MR) is 76.5 cm³/mol. The van der Waals surface area contributed by atoms with E-state index in [-0.39, 0.29) is 0 Å². The monoisotopic (exact) mass is 264 g/mol. The van der Waals surface area contributed by atoms with Crippen molar-refractivity contribution in [3.05, 3.63) is 18.3 Å². The standard InChI is InChI=1S/C15H24N2O2/c1-2-19-13-8-7-11-16-14(13)17-12-15(18)9-5-3-4-6-10-15/h7-8,11,18H,2-6,9-10,12H2,1H3,(H,16,17). The highest BCUT2D eigenvalue weighted by Crippen LogP contribution is 2.28. The molecule has 4 nitrogen and oxygen atoms in total. The molecule has 1 fully saturated rings. The van der Waals surface area contributed by atoms with Gasteiger partial charge in [-0.15, -0.1) is 0 Å². The molecular weight excluding hydrogens is 240 g/mol. The van der Waals surface area contributed by atoms with E-state index in [2.05, 4.69) is 10.3 Å². The minimum Gasteiger partial charge on any atom is -0.490 e. The van der Waals surface area contributed by atoms with Crippen LogP contribution >= 0.6 is 0 Å². The van der Waals surface area contributed by atoms with E-state index in [1.807, 2.05) is 19.1 Å². The van der Waals surface area contributed by atoms with Crippen molar-refractivity contribution in [2.24, 2.45) is 0 Å². The highest BCUT2D eigenvalue weighted by Gasteiger charge is 2.28. The molecule has 1 aliphatic carbocycles. The number of anilines is 1. The van der Waals surface area contributed by atoms with Crippen LogP contribution in [0, 0.1) is 0 Å². The molecule has 1 saturated carbocycles. The van der Waals surface area contributed by atoms with Gasteiger partial charge in [0, 0.05) is 12.7 Å². The number of aromatic nitrogens is 1. The molecule has 1 heterocycles. The van der Waals surface area contributed by atoms with Gasteiger partial charge in [-0.05, 0) is 31.9 Å². The first-order chi connectivity index (χ1) is 9.23. The molecule has 0 atom stereocenters. The number of ether oxygens (including phenoxy) is 1. The molecule has 2 N–H and O–H groups in total. The van der Waals surface area contributed by atoms with Crippen LogP contribution < -0.4 is 10.1 Å². The van der Waals surface area contributed by atoms with Crippen LogP contribution in [-0.2, 0) is 0 Å². The third-order valence-electron chi connectivity index (χ3n) is 3.69. The van der Waals surface area contributed by atoms with Gasteiger partial charge in [0.1, 0.15) is 0 Å². The van der Waals surface area contributed by atoms with Gasteiger partial charge >= 0.3 is 0 Å². The maximum Gasteiger partial charge on any atom is 0.168 e. The Morgan fingerprint density at radius 3 is 2.74 bits per heavy atom. The Kier molecular flexibility index (Phi) is 5.02. The Labute approximate surface area is 115 Å². The van der Waals surface area contributed by atoms with Crippen LogP contribution in [0.15, 0.2) is 18.3 Å². The SMILES string of the molecule is CCOc1cccnc1NCC1(O)CCCCCC1. The molecule has 106 valence electrons. The van der Waals surface area contributed by atoms with Crippen molar-refractivity contribution < 1.29 is 9.84 Å². The predicted octanol–water partition coefficient (Wildman–Crippen LogP) is 2.98. The van der Waals surface area contributed by atoms with Crippen molar-refractivity contribution in [2.45, 2.75) is 51.0 Å². The van der Waals surface area contributed by atoms with Crippen LogP contribution in [0.1, 0.15) is 45.4 Å². The normalized spacial score (nSPS) is 18.6. The Morgan fingerprint density at radius 2 is 2.05 bits per heavy atom. The van der Waals surface area contributed by atoms with Crippen LogP contribution in [-0.4, -0.2) is 28.8 Å². The summed E-state index contributed by atoms with van der Waals surface area (Å²) in [5.74, 6) is 1.48. The summed E-state index contributed by atoms with van der Waals surface area (Å²) in [6.07, 6.45) is 8.17. The lowest BCUT2D eigenvalue weighted by atomic mass is 9.94. The molecule has 1 aromatic rings. The molecule has 1 aliphatic rings. The van der Waals surface area contributed by atoms with Gasteiger partial charge in [-0.1, -0.05) is 25.7 Å². The number of pyridine rings is 1. The molecule has 19 heavy (non-hydrogen) atoms. The van der Waals surface area contributed by atoms with Gasteiger partial charge in [0.15, 0.2) is 11.6 Å². The van der Waals surface area contributed by atoms with E-state index in [0.717, 1.165) is 37.3 Å². The summed E-state index contributed by atoms with van der Waals surface area (Å²) >= 11 is 0. The highest BCUT2D eigenvalue weighted by molar-refractivity contribution is 5.49. The fraction of sp³-hybridized carbons (Fsp3) is 0.667. The van der Waals surface area contributed by atoms with E-state index in [9.17, 15) is 5.11 Å². The van der Waals surface area contributed by atoms with E-state index < -0.39 is 5.60 Å². The van der Waals surface area contributed by atoms with E-state index >= 15 is 0 Å². The van der Waals surface area contributed by atoms with Gasteiger partial charge in [-0.2, -0.15) is 0 Å². The minimum absolute atomic E-state index is 0.546. The van der Waals surface area contributed by atoms with Gasteiger partial charge < -0.3 is 15.2 Å². The number of hydrogen-bond donors (Lipinski definition) is 2. The Balaban J connectivity index is 1.97. The first-order valence-electron chi connectivity index (χ1n) is 7.27. The van der Waals surface area contributed by atoms with Gasteiger partial charge in [0.2, 0.25) is 0 Å². The first kappa shape index (κ1) is 14.1. The fourth-order valence-electron chi connectivity index (χ4n) is 2.61. The molecular formula is C15H24N2O2. The fourth-order valence-corrected chi connectivity index (χ4v) is 2.61. The number of rotatable bonds is 5. The van der Waals surface area contributed by atoms with E-state index in [1.165, 1.54) is 12.8 Å². The smallest absolute Gasteiger partial charge is 0.168 e. The first-order valence-corrected chi connectivity index (χ1v) is 7.27. The summed E-state index contributed by atoms with van der Waals surface area (Å²) in [6, 6.07) is 3.76. The average Bonchev–Trinajstić information content (AvgIpc) is 2.64. The highest BCUT2D eigenvalue weighted by atomic mass is 16.5. The van der Waals surface area contributed by atoms with E-state index in [0.29, 0.717) is 13.2 Å². The zero-order valence-electron chi connectivity index (χ0n) is 11.7. The third kappa shape index (κ3) is 4.10. The van der Waals surface area contributed by atoms with Crippen LogP contribution in [0.3, 0.4) is 0 Å². The molecule has 0 spiro atoms. The maximum atomic E-state index is 10.6. The van der Waals surface area contributed by atoms with Gasteiger partial charge in [0.05, 0.1) is 12.2 Å². The number of nitrogens with one attached hydrogen (secondary N) is 1. The second-order valence-electron chi connectivity index (χ2n) is 5.28. The third-order valence-corrected chi connectivity index (χ3v) is 3.69. The van der Waals surface area contributed by atoms with Crippen molar-refractivity contribution in [2.75, 3.05) is 18.5 Å². The molecule has 0 bridgehead atoms. The summed E-state index contributed by atoms with van der Waals surface area (Å²) in [5.41, 5.74) is -0.600. The summed E-state index contributed by atoms with van der Waals surface area (Å²) in [7, 11) is 0. The Bertz CT molecular complexity index is 387. The molecule has 2 rings (SSSR count). The molecule has 0 saturated heterocycles. The molecule has 4 heteroatoms. The zero-order valence-corrected chi connectivity index (χ0v) is 11.7. The summed E-state index contributed by atoms with van der Waals surface area (Å²) in [5, 5.41) is 13.9. The van der Waals surface area contributed by atoms with Crippen molar-refractivity contribution in [3.8, 4) is 5.75 Å². The quantitative estimate of drug-likeness (QED) is 0.803. The van der Waals surface area contributed by atoms with Gasteiger partial charge in [-0.25, -0.2) is 4.98 Å². The van der Waals surface area contributed by atoms with E-state index in [4.69, 9.17) is 4.74 Å². The zero-order chi connectivity index (χ0) is 13.6. The number of aliphatic hydroxyl groups is 1. The van der Waals surface area contributed by atoms with Crippen molar-refractivity contribution in [1.82, 2.24) is 4.98 Å². The molecule has 0 amide bonds. The lowest BCUT2D eigenvalue weighted by Gasteiger charge is -2.27. The van der Waals surface area contributed by atoms with Crippen LogP contribution in [0.2, 0.25) is 0 Å². The average molecular weight is 264 g/mol. The Morgan fingerprint density at radius 1 is 1.32 bits per heavy atom. The van der Waals surface area contributed by atoms with Gasteiger partial charge in [-0.3, -0.25) is 0 Å². The molecule has 0 aromatic carbocycles. The minimum atomic E-state index is -0.600. The molecule has 0 radical (unpaired) electrons.